The molecule has 1 heterocycles. The van der Waals surface area contributed by atoms with E-state index in [1.54, 1.807) is 13.3 Å². The number of nitrogens with zero attached hydrogens (tertiary/aromatic N) is 2. The van der Waals surface area contributed by atoms with Gasteiger partial charge in [-0.15, -0.1) is 0 Å². The van der Waals surface area contributed by atoms with Crippen LogP contribution >= 0.6 is 0 Å². The van der Waals surface area contributed by atoms with Gasteiger partial charge in [-0.25, -0.2) is 4.98 Å². The minimum Gasteiger partial charge on any atom is -0.486 e. The second-order valence-corrected chi connectivity index (χ2v) is 5.87. The van der Waals surface area contributed by atoms with E-state index >= 15 is 0 Å². The monoisotopic (exact) mass is 349 g/mol. The minimum atomic E-state index is -0.0150. The van der Waals surface area contributed by atoms with Crippen molar-refractivity contribution in [1.29, 1.82) is 0 Å². The average Bonchev–Trinajstić information content (AvgIpc) is 2.72. The molecule has 3 rings (SSSR count). The molecule has 0 aliphatic heterocycles. The predicted octanol–water partition coefficient (Wildman–Crippen LogP) is 3.88. The largest absolute Gasteiger partial charge is 0.486 e. The summed E-state index contributed by atoms with van der Waals surface area (Å²) >= 11 is 0. The molecule has 0 aliphatic carbocycles. The molecule has 1 atom stereocenters. The van der Waals surface area contributed by atoms with Crippen LogP contribution in [0.1, 0.15) is 18.1 Å². The Kier molecular flexibility index (Phi) is 6.17. The number of benzene rings is 2. The zero-order valence-electron chi connectivity index (χ0n) is 15.1. The number of hydrogen-bond acceptors (Lipinski definition) is 5. The van der Waals surface area contributed by atoms with E-state index in [9.17, 15) is 0 Å². The van der Waals surface area contributed by atoms with Gasteiger partial charge in [0.05, 0.1) is 12.8 Å². The molecule has 3 aromatic rings. The van der Waals surface area contributed by atoms with E-state index in [-0.39, 0.29) is 6.10 Å². The summed E-state index contributed by atoms with van der Waals surface area (Å²) in [5, 5.41) is 3.19. The van der Waals surface area contributed by atoms with Crippen LogP contribution in [0.5, 0.6) is 11.8 Å². The first-order valence-electron chi connectivity index (χ1n) is 8.64. The number of hydrogen-bond donors (Lipinski definition) is 1. The quantitative estimate of drug-likeness (QED) is 0.669. The van der Waals surface area contributed by atoms with Crippen LogP contribution in [0, 0.1) is 0 Å². The Morgan fingerprint density at radius 2 is 1.88 bits per heavy atom. The highest BCUT2D eigenvalue weighted by Crippen LogP contribution is 2.28. The fourth-order valence-corrected chi connectivity index (χ4v) is 2.73. The second kappa shape index (κ2) is 8.97. The van der Waals surface area contributed by atoms with Crippen LogP contribution in [0.25, 0.3) is 11.3 Å². The summed E-state index contributed by atoms with van der Waals surface area (Å²) in [7, 11) is 3.51. The molecule has 5 heteroatoms. The van der Waals surface area contributed by atoms with Crippen molar-refractivity contribution in [3.05, 3.63) is 72.4 Å². The van der Waals surface area contributed by atoms with Crippen molar-refractivity contribution in [1.82, 2.24) is 15.3 Å². The highest BCUT2D eigenvalue weighted by Gasteiger charge is 2.13. The van der Waals surface area contributed by atoms with Gasteiger partial charge in [-0.05, 0) is 37.4 Å². The molecule has 0 aliphatic rings. The van der Waals surface area contributed by atoms with Gasteiger partial charge in [0.25, 0.3) is 0 Å². The lowest BCUT2D eigenvalue weighted by Crippen LogP contribution is -2.16. The molecule has 0 amide bonds. The van der Waals surface area contributed by atoms with Gasteiger partial charge in [-0.1, -0.05) is 42.5 Å². The topological polar surface area (TPSA) is 56.3 Å². The standard InChI is InChI=1S/C21H23N3O2/c1-22-13-12-20(16-7-4-3-5-8-16)26-18-10-6-9-17(15-18)19-11-14-23-21(24-19)25-2/h3-11,14-15,20,22H,12-13H2,1-2H3. The van der Waals surface area contributed by atoms with E-state index in [0.717, 1.165) is 35.5 Å². The molecule has 0 saturated heterocycles. The van der Waals surface area contributed by atoms with E-state index in [4.69, 9.17) is 9.47 Å². The molecule has 5 nitrogen and oxygen atoms in total. The van der Waals surface area contributed by atoms with Crippen LogP contribution in [-0.2, 0) is 0 Å². The van der Waals surface area contributed by atoms with Crippen LogP contribution < -0.4 is 14.8 Å². The fraction of sp³-hybridized carbons (Fsp3) is 0.238. The molecule has 0 spiro atoms. The molecular formula is C21H23N3O2. The number of aromatic nitrogens is 2. The zero-order valence-corrected chi connectivity index (χ0v) is 15.1. The Morgan fingerprint density at radius 3 is 2.65 bits per heavy atom. The third-order valence-electron chi connectivity index (χ3n) is 4.05. The van der Waals surface area contributed by atoms with Crippen molar-refractivity contribution in [2.45, 2.75) is 12.5 Å². The van der Waals surface area contributed by atoms with Crippen molar-refractivity contribution >= 4 is 0 Å². The summed E-state index contributed by atoms with van der Waals surface area (Å²) in [5.74, 6) is 0.810. The molecule has 26 heavy (non-hydrogen) atoms. The normalized spacial score (nSPS) is 11.8. The lowest BCUT2D eigenvalue weighted by Gasteiger charge is -2.20. The van der Waals surface area contributed by atoms with Gasteiger partial charge >= 0.3 is 6.01 Å². The van der Waals surface area contributed by atoms with Crippen molar-refractivity contribution in [3.63, 3.8) is 0 Å². The lowest BCUT2D eigenvalue weighted by atomic mass is 10.1. The van der Waals surface area contributed by atoms with Gasteiger partial charge in [0.2, 0.25) is 0 Å². The summed E-state index contributed by atoms with van der Waals surface area (Å²) in [4.78, 5) is 8.45. The summed E-state index contributed by atoms with van der Waals surface area (Å²) < 4.78 is 11.4. The SMILES string of the molecule is CNCCC(Oc1cccc(-c2ccnc(OC)n2)c1)c1ccccc1. The molecule has 2 aromatic carbocycles. The molecule has 1 unspecified atom stereocenters. The van der Waals surface area contributed by atoms with Crippen molar-refractivity contribution in [2.24, 2.45) is 0 Å². The molecule has 134 valence electrons. The number of rotatable bonds is 8. The number of nitrogens with one attached hydrogen (secondary N) is 1. The van der Waals surface area contributed by atoms with E-state index in [2.05, 4.69) is 27.4 Å². The van der Waals surface area contributed by atoms with Gasteiger partial charge in [0, 0.05) is 18.2 Å². The maximum atomic E-state index is 6.31. The maximum Gasteiger partial charge on any atom is 0.316 e. The zero-order chi connectivity index (χ0) is 18.2. The van der Waals surface area contributed by atoms with Gasteiger partial charge in [-0.3, -0.25) is 0 Å². The molecule has 0 fully saturated rings. The summed E-state index contributed by atoms with van der Waals surface area (Å²) in [5.41, 5.74) is 2.93. The Labute approximate surface area is 154 Å². The molecule has 0 saturated carbocycles. The van der Waals surface area contributed by atoms with E-state index in [1.807, 2.05) is 55.6 Å². The smallest absolute Gasteiger partial charge is 0.316 e. The molecule has 0 radical (unpaired) electrons. The van der Waals surface area contributed by atoms with Crippen LogP contribution in [0.3, 0.4) is 0 Å². The molecule has 1 aromatic heterocycles. The van der Waals surface area contributed by atoms with Crippen molar-refractivity contribution in [2.75, 3.05) is 20.7 Å². The van der Waals surface area contributed by atoms with Gasteiger partial charge in [0.15, 0.2) is 0 Å². The first kappa shape index (κ1) is 17.9. The fourth-order valence-electron chi connectivity index (χ4n) is 2.73. The van der Waals surface area contributed by atoms with E-state index in [1.165, 1.54) is 0 Å². The highest BCUT2D eigenvalue weighted by molar-refractivity contribution is 5.61. The third kappa shape index (κ3) is 4.58. The molecule has 0 bridgehead atoms. The predicted molar refractivity (Wildman–Crippen MR) is 102 cm³/mol. The second-order valence-electron chi connectivity index (χ2n) is 5.87. The van der Waals surface area contributed by atoms with Crippen molar-refractivity contribution in [3.8, 4) is 23.0 Å². The van der Waals surface area contributed by atoms with Crippen LogP contribution in [0.4, 0.5) is 0 Å². The third-order valence-corrected chi connectivity index (χ3v) is 4.05. The maximum absolute atomic E-state index is 6.31. The lowest BCUT2D eigenvalue weighted by molar-refractivity contribution is 0.195. The van der Waals surface area contributed by atoms with E-state index in [0.29, 0.717) is 6.01 Å². The molecular weight excluding hydrogens is 326 g/mol. The van der Waals surface area contributed by atoms with Crippen molar-refractivity contribution < 1.29 is 9.47 Å². The van der Waals surface area contributed by atoms with Gasteiger partial charge in [-0.2, -0.15) is 4.98 Å². The van der Waals surface area contributed by atoms with E-state index < -0.39 is 0 Å². The summed E-state index contributed by atoms with van der Waals surface area (Å²) in [6.07, 6.45) is 2.55. The highest BCUT2D eigenvalue weighted by atomic mass is 16.5. The van der Waals surface area contributed by atoms with Gasteiger partial charge in [0.1, 0.15) is 11.9 Å². The first-order valence-corrected chi connectivity index (χ1v) is 8.64. The minimum absolute atomic E-state index is 0.0150. The first-order chi connectivity index (χ1) is 12.8. The van der Waals surface area contributed by atoms with Crippen LogP contribution in [0.2, 0.25) is 0 Å². The van der Waals surface area contributed by atoms with Crippen LogP contribution in [0.15, 0.2) is 66.9 Å². The number of ether oxygens (including phenoxy) is 2. The number of methoxy groups -OCH3 is 1. The average molecular weight is 349 g/mol. The Bertz CT molecular complexity index is 824. The van der Waals surface area contributed by atoms with Crippen LogP contribution in [-0.4, -0.2) is 30.7 Å². The Hall–Kier alpha value is -2.92. The summed E-state index contributed by atoms with van der Waals surface area (Å²) in [6.45, 7) is 0.877. The Morgan fingerprint density at radius 1 is 1.04 bits per heavy atom. The molecule has 1 N–H and O–H groups in total. The van der Waals surface area contributed by atoms with Gasteiger partial charge < -0.3 is 14.8 Å². The summed E-state index contributed by atoms with van der Waals surface area (Å²) in [6, 6.07) is 20.4. The Balaban J connectivity index is 1.83.